The molecule has 22 heavy (non-hydrogen) atoms. The van der Waals surface area contributed by atoms with Gasteiger partial charge in [0.25, 0.3) is 5.91 Å². The van der Waals surface area contributed by atoms with E-state index >= 15 is 0 Å². The maximum Gasteiger partial charge on any atom is 0.254 e. The van der Waals surface area contributed by atoms with Crippen LogP contribution in [-0.4, -0.2) is 16.1 Å². The van der Waals surface area contributed by atoms with Gasteiger partial charge in [-0.15, -0.1) is 0 Å². The van der Waals surface area contributed by atoms with Crippen molar-refractivity contribution in [2.24, 2.45) is 10.7 Å². The van der Waals surface area contributed by atoms with Gasteiger partial charge in [-0.25, -0.2) is 4.99 Å². The maximum atomic E-state index is 11.6. The molecule has 0 radical (unpaired) electrons. The number of carbonyl (C=O) groups is 1. The lowest BCUT2D eigenvalue weighted by Gasteiger charge is -2.03. The third kappa shape index (κ3) is 2.49. The number of hydrogen-bond acceptors (Lipinski definition) is 5. The van der Waals surface area contributed by atoms with Gasteiger partial charge >= 0.3 is 0 Å². The Balaban J connectivity index is 2.30. The van der Waals surface area contributed by atoms with Crippen molar-refractivity contribution >= 4 is 22.6 Å². The molecule has 0 aliphatic heterocycles. The van der Waals surface area contributed by atoms with E-state index in [1.165, 1.54) is 24.3 Å². The van der Waals surface area contributed by atoms with E-state index in [0.717, 1.165) is 0 Å². The zero-order valence-electron chi connectivity index (χ0n) is 11.4. The predicted octanol–water partition coefficient (Wildman–Crippen LogP) is 2.18. The highest BCUT2D eigenvalue weighted by Gasteiger charge is 2.11. The quantitative estimate of drug-likeness (QED) is 0.673. The molecule has 0 saturated heterocycles. The molecule has 3 aromatic rings. The lowest BCUT2D eigenvalue weighted by atomic mass is 10.1. The lowest BCUT2D eigenvalue weighted by molar-refractivity contribution is 0.0996. The van der Waals surface area contributed by atoms with Gasteiger partial charge < -0.3 is 20.4 Å². The van der Waals surface area contributed by atoms with E-state index in [0.29, 0.717) is 11.1 Å². The van der Waals surface area contributed by atoms with Crippen LogP contribution in [0.25, 0.3) is 11.0 Å². The number of phenolic OH excluding ortho intramolecular Hbond substituents is 2. The minimum Gasteiger partial charge on any atom is -0.508 e. The third-order valence-corrected chi connectivity index (χ3v) is 3.10. The SMILES string of the molecule is NC(=O)c1cc2cccc(O)c2oc1=Nc1ccc(O)cc1. The van der Waals surface area contributed by atoms with Crippen molar-refractivity contribution in [1.29, 1.82) is 0 Å². The zero-order chi connectivity index (χ0) is 15.7. The van der Waals surface area contributed by atoms with Gasteiger partial charge in [0, 0.05) is 5.39 Å². The molecule has 1 heterocycles. The lowest BCUT2D eigenvalue weighted by Crippen LogP contribution is -2.21. The van der Waals surface area contributed by atoms with E-state index in [1.54, 1.807) is 24.3 Å². The van der Waals surface area contributed by atoms with Gasteiger partial charge in [0.1, 0.15) is 11.3 Å². The van der Waals surface area contributed by atoms with Crippen molar-refractivity contribution in [2.45, 2.75) is 0 Å². The summed E-state index contributed by atoms with van der Waals surface area (Å²) < 4.78 is 5.54. The highest BCUT2D eigenvalue weighted by atomic mass is 16.4. The van der Waals surface area contributed by atoms with Crippen molar-refractivity contribution in [1.82, 2.24) is 0 Å². The molecule has 110 valence electrons. The van der Waals surface area contributed by atoms with E-state index in [2.05, 4.69) is 4.99 Å². The van der Waals surface area contributed by atoms with Gasteiger partial charge in [-0.2, -0.15) is 0 Å². The van der Waals surface area contributed by atoms with Crippen molar-refractivity contribution in [3.05, 3.63) is 59.6 Å². The summed E-state index contributed by atoms with van der Waals surface area (Å²) in [4.78, 5) is 15.8. The van der Waals surface area contributed by atoms with E-state index in [-0.39, 0.29) is 28.2 Å². The average molecular weight is 296 g/mol. The summed E-state index contributed by atoms with van der Waals surface area (Å²) in [5.41, 5.74) is 6.14. The maximum absolute atomic E-state index is 11.6. The first kappa shape index (κ1) is 13.7. The number of nitrogens with zero attached hydrogens (tertiary/aromatic N) is 1. The van der Waals surface area contributed by atoms with Crippen molar-refractivity contribution in [2.75, 3.05) is 0 Å². The number of aromatic hydroxyl groups is 2. The van der Waals surface area contributed by atoms with Crippen molar-refractivity contribution in [3.63, 3.8) is 0 Å². The van der Waals surface area contributed by atoms with Crippen LogP contribution in [0.2, 0.25) is 0 Å². The summed E-state index contributed by atoms with van der Waals surface area (Å²) in [5, 5.41) is 19.7. The summed E-state index contributed by atoms with van der Waals surface area (Å²) in [7, 11) is 0. The second kappa shape index (κ2) is 5.25. The Morgan fingerprint density at radius 1 is 1.09 bits per heavy atom. The minimum absolute atomic E-state index is 0.00723. The molecule has 0 atom stereocenters. The smallest absolute Gasteiger partial charge is 0.254 e. The van der Waals surface area contributed by atoms with Crippen LogP contribution in [-0.2, 0) is 0 Å². The van der Waals surface area contributed by atoms with Crippen LogP contribution < -0.4 is 11.3 Å². The molecule has 6 heteroatoms. The first-order chi connectivity index (χ1) is 10.5. The standard InChI is InChI=1S/C16H12N2O4/c17-15(21)12-8-9-2-1-3-13(20)14(9)22-16(12)18-10-4-6-11(19)7-5-10/h1-8,19-20H,(H2,17,21). The molecule has 4 N–H and O–H groups in total. The Morgan fingerprint density at radius 2 is 1.82 bits per heavy atom. The molecule has 3 rings (SSSR count). The number of primary amides is 1. The number of benzene rings is 2. The van der Waals surface area contributed by atoms with Gasteiger partial charge in [-0.1, -0.05) is 12.1 Å². The average Bonchev–Trinajstić information content (AvgIpc) is 2.49. The zero-order valence-corrected chi connectivity index (χ0v) is 11.4. The van der Waals surface area contributed by atoms with Gasteiger partial charge in [0.2, 0.25) is 5.55 Å². The predicted molar refractivity (Wildman–Crippen MR) is 79.7 cm³/mol. The van der Waals surface area contributed by atoms with Crippen LogP contribution in [0.1, 0.15) is 10.4 Å². The van der Waals surface area contributed by atoms with Crippen LogP contribution in [0.4, 0.5) is 5.69 Å². The topological polar surface area (TPSA) is 109 Å². The van der Waals surface area contributed by atoms with E-state index < -0.39 is 5.91 Å². The molecule has 0 bridgehead atoms. The monoisotopic (exact) mass is 296 g/mol. The highest BCUT2D eigenvalue weighted by molar-refractivity contribution is 5.96. The number of nitrogens with two attached hydrogens (primary N) is 1. The fourth-order valence-electron chi connectivity index (χ4n) is 2.04. The molecule has 0 fully saturated rings. The molecule has 0 aliphatic carbocycles. The first-order valence-corrected chi connectivity index (χ1v) is 6.44. The molecular formula is C16H12N2O4. The third-order valence-electron chi connectivity index (χ3n) is 3.10. The minimum atomic E-state index is -0.688. The van der Waals surface area contributed by atoms with E-state index in [1.807, 2.05) is 0 Å². The number of phenols is 2. The summed E-state index contributed by atoms with van der Waals surface area (Å²) in [6, 6.07) is 12.3. The summed E-state index contributed by atoms with van der Waals surface area (Å²) in [5.74, 6) is -0.649. The Bertz CT molecular complexity index is 927. The highest BCUT2D eigenvalue weighted by Crippen LogP contribution is 2.24. The molecule has 6 nitrogen and oxygen atoms in total. The molecule has 0 unspecified atom stereocenters. The second-order valence-electron chi connectivity index (χ2n) is 4.65. The van der Waals surface area contributed by atoms with Crippen LogP contribution >= 0.6 is 0 Å². The van der Waals surface area contributed by atoms with Gasteiger partial charge in [0.05, 0.1) is 5.69 Å². The number of rotatable bonds is 2. The number of carbonyl (C=O) groups excluding carboxylic acids is 1. The molecule has 0 spiro atoms. The Hall–Kier alpha value is -3.28. The molecule has 2 aromatic carbocycles. The molecule has 1 amide bonds. The van der Waals surface area contributed by atoms with Crippen LogP contribution in [0, 0.1) is 0 Å². The number of amides is 1. The van der Waals surface area contributed by atoms with Gasteiger partial charge in [0.15, 0.2) is 11.3 Å². The number of hydrogen-bond donors (Lipinski definition) is 3. The largest absolute Gasteiger partial charge is 0.508 e. The van der Waals surface area contributed by atoms with Crippen LogP contribution in [0.5, 0.6) is 11.5 Å². The van der Waals surface area contributed by atoms with Gasteiger partial charge in [-0.05, 0) is 36.4 Å². The molecule has 1 aromatic heterocycles. The fraction of sp³-hybridized carbons (Fsp3) is 0. The number of fused-ring (bicyclic) bond motifs is 1. The molecular weight excluding hydrogens is 284 g/mol. The van der Waals surface area contributed by atoms with Gasteiger partial charge in [-0.3, -0.25) is 4.79 Å². The second-order valence-corrected chi connectivity index (χ2v) is 4.65. The summed E-state index contributed by atoms with van der Waals surface area (Å²) in [6.07, 6.45) is 0. The van der Waals surface area contributed by atoms with Crippen molar-refractivity contribution in [3.8, 4) is 11.5 Å². The normalized spacial score (nSPS) is 11.7. The van der Waals surface area contributed by atoms with E-state index in [4.69, 9.17) is 10.2 Å². The number of para-hydroxylation sites is 1. The summed E-state index contributed by atoms with van der Waals surface area (Å²) >= 11 is 0. The Morgan fingerprint density at radius 3 is 2.50 bits per heavy atom. The van der Waals surface area contributed by atoms with Crippen LogP contribution in [0.3, 0.4) is 0 Å². The fourth-order valence-corrected chi connectivity index (χ4v) is 2.04. The van der Waals surface area contributed by atoms with Crippen LogP contribution in [0.15, 0.2) is 57.9 Å². The molecule has 0 saturated carbocycles. The van der Waals surface area contributed by atoms with Crippen molar-refractivity contribution < 1.29 is 19.4 Å². The Labute approximate surface area is 124 Å². The summed E-state index contributed by atoms with van der Waals surface area (Å²) in [6.45, 7) is 0. The molecule has 0 aliphatic rings. The first-order valence-electron chi connectivity index (χ1n) is 6.44. The Kier molecular flexibility index (Phi) is 3.27. The van der Waals surface area contributed by atoms with E-state index in [9.17, 15) is 15.0 Å².